The van der Waals surface area contributed by atoms with Gasteiger partial charge in [0.25, 0.3) is 5.56 Å². The van der Waals surface area contributed by atoms with Gasteiger partial charge < -0.3 is 19.5 Å². The number of allylic oxidation sites excluding steroid dienone is 1. The van der Waals surface area contributed by atoms with Gasteiger partial charge in [0.15, 0.2) is 4.80 Å². The largest absolute Gasteiger partial charge is 0.507 e. The monoisotopic (exact) mass is 549 g/mol. The van der Waals surface area contributed by atoms with Crippen molar-refractivity contribution in [3.8, 4) is 11.5 Å². The Kier molecular flexibility index (Phi) is 8.60. The van der Waals surface area contributed by atoms with Gasteiger partial charge in [0.1, 0.15) is 11.5 Å². The number of anilines is 1. The average molecular weight is 550 g/mol. The number of ether oxygens (including phenoxy) is 2. The molecule has 39 heavy (non-hydrogen) atoms. The zero-order valence-corrected chi connectivity index (χ0v) is 24.0. The number of rotatable bonds is 9. The molecule has 4 rings (SSSR count). The number of esters is 1. The first-order valence-corrected chi connectivity index (χ1v) is 14.0. The van der Waals surface area contributed by atoms with Crippen LogP contribution in [0.3, 0.4) is 0 Å². The van der Waals surface area contributed by atoms with E-state index in [0.717, 1.165) is 24.3 Å². The molecule has 206 valence electrons. The number of benzene rings is 2. The summed E-state index contributed by atoms with van der Waals surface area (Å²) in [7, 11) is 0. The van der Waals surface area contributed by atoms with Crippen LogP contribution < -0.4 is 24.5 Å². The Morgan fingerprint density at radius 2 is 1.85 bits per heavy atom. The van der Waals surface area contributed by atoms with Crippen LogP contribution in [0, 0.1) is 0 Å². The molecular weight excluding hydrogens is 514 g/mol. The molecule has 3 aromatic rings. The Labute approximate surface area is 232 Å². The molecule has 0 unspecified atom stereocenters. The van der Waals surface area contributed by atoms with Crippen LogP contribution in [0.25, 0.3) is 6.08 Å². The molecule has 0 aliphatic carbocycles. The highest BCUT2D eigenvalue weighted by molar-refractivity contribution is 7.07. The van der Waals surface area contributed by atoms with E-state index in [1.54, 1.807) is 32.9 Å². The number of aromatic nitrogens is 1. The Morgan fingerprint density at radius 1 is 1.15 bits per heavy atom. The van der Waals surface area contributed by atoms with E-state index in [4.69, 9.17) is 9.47 Å². The summed E-state index contributed by atoms with van der Waals surface area (Å²) in [5.74, 6) is 0.277. The third-order valence-corrected chi connectivity index (χ3v) is 7.50. The van der Waals surface area contributed by atoms with Crippen molar-refractivity contribution in [1.82, 2.24) is 4.57 Å². The maximum absolute atomic E-state index is 13.8. The van der Waals surface area contributed by atoms with Crippen LogP contribution in [0.4, 0.5) is 5.69 Å². The summed E-state index contributed by atoms with van der Waals surface area (Å²) in [4.78, 5) is 34.3. The van der Waals surface area contributed by atoms with Gasteiger partial charge in [0.05, 0.1) is 34.6 Å². The fraction of sp³-hybridized carbons (Fsp3) is 0.367. The molecule has 0 spiro atoms. The number of thiazole rings is 1. The quantitative estimate of drug-likeness (QED) is 0.404. The Morgan fingerprint density at radius 3 is 2.44 bits per heavy atom. The van der Waals surface area contributed by atoms with Crippen molar-refractivity contribution >= 4 is 29.1 Å². The van der Waals surface area contributed by atoms with E-state index in [2.05, 4.69) is 23.7 Å². The molecule has 2 heterocycles. The van der Waals surface area contributed by atoms with Gasteiger partial charge in [-0.05, 0) is 77.4 Å². The molecule has 1 aliphatic rings. The van der Waals surface area contributed by atoms with Crippen LogP contribution in [-0.2, 0) is 9.53 Å². The summed E-state index contributed by atoms with van der Waals surface area (Å²) in [6.07, 6.45) is 1.34. The van der Waals surface area contributed by atoms with E-state index in [1.165, 1.54) is 15.9 Å². The molecule has 0 bridgehead atoms. The van der Waals surface area contributed by atoms with Crippen molar-refractivity contribution in [3.63, 3.8) is 0 Å². The lowest BCUT2D eigenvalue weighted by Gasteiger charge is -2.25. The number of carbonyl (C=O) groups excluding carboxylic acids is 1. The first-order valence-electron chi connectivity index (χ1n) is 13.2. The Balaban J connectivity index is 1.86. The van der Waals surface area contributed by atoms with E-state index in [-0.39, 0.29) is 17.4 Å². The van der Waals surface area contributed by atoms with Crippen molar-refractivity contribution in [1.29, 1.82) is 0 Å². The molecular formula is C30H35N3O5S. The van der Waals surface area contributed by atoms with Gasteiger partial charge in [0, 0.05) is 30.4 Å². The van der Waals surface area contributed by atoms with Crippen LogP contribution in [0.2, 0.25) is 0 Å². The van der Waals surface area contributed by atoms with Crippen molar-refractivity contribution < 1.29 is 19.4 Å². The lowest BCUT2D eigenvalue weighted by Crippen LogP contribution is -2.40. The van der Waals surface area contributed by atoms with Gasteiger partial charge >= 0.3 is 5.97 Å². The normalized spacial score (nSPS) is 15.3. The smallest absolute Gasteiger partial charge is 0.338 e. The van der Waals surface area contributed by atoms with E-state index in [0.29, 0.717) is 38.5 Å². The molecule has 0 radical (unpaired) electrons. The van der Waals surface area contributed by atoms with Gasteiger partial charge in [0.2, 0.25) is 0 Å². The second kappa shape index (κ2) is 11.9. The first kappa shape index (κ1) is 28.2. The van der Waals surface area contributed by atoms with Gasteiger partial charge in [-0.3, -0.25) is 9.36 Å². The minimum Gasteiger partial charge on any atom is -0.507 e. The molecule has 1 aromatic heterocycles. The summed E-state index contributed by atoms with van der Waals surface area (Å²) in [6.45, 7) is 13.5. The van der Waals surface area contributed by atoms with E-state index in [9.17, 15) is 14.7 Å². The first-order chi connectivity index (χ1) is 18.7. The highest BCUT2D eigenvalue weighted by Gasteiger charge is 2.33. The fourth-order valence-electron chi connectivity index (χ4n) is 4.67. The number of carbonyl (C=O) groups is 1. The van der Waals surface area contributed by atoms with Gasteiger partial charge in [-0.25, -0.2) is 9.79 Å². The summed E-state index contributed by atoms with van der Waals surface area (Å²) in [6, 6.07) is 12.1. The number of phenols is 1. The molecule has 1 atom stereocenters. The van der Waals surface area contributed by atoms with Crippen molar-refractivity contribution in [2.75, 3.05) is 24.6 Å². The molecule has 0 saturated carbocycles. The molecule has 0 amide bonds. The van der Waals surface area contributed by atoms with Crippen molar-refractivity contribution in [2.45, 2.75) is 53.7 Å². The minimum atomic E-state index is -0.719. The van der Waals surface area contributed by atoms with Crippen LogP contribution >= 0.6 is 11.3 Å². The molecule has 8 nitrogen and oxygen atoms in total. The molecule has 9 heteroatoms. The van der Waals surface area contributed by atoms with E-state index >= 15 is 0 Å². The number of aromatic hydroxyl groups is 1. The second-order valence-corrected chi connectivity index (χ2v) is 10.5. The van der Waals surface area contributed by atoms with Gasteiger partial charge in [-0.15, -0.1) is 0 Å². The number of hydrogen-bond donors (Lipinski definition) is 1. The lowest BCUT2D eigenvalue weighted by atomic mass is 9.96. The number of phenolic OH excluding ortho intramolecular Hbond substituents is 1. The number of fused-ring (bicyclic) bond motifs is 1. The summed E-state index contributed by atoms with van der Waals surface area (Å²) < 4.78 is 13.1. The second-order valence-electron chi connectivity index (χ2n) is 9.45. The maximum atomic E-state index is 13.8. The highest BCUT2D eigenvalue weighted by Crippen LogP contribution is 2.32. The predicted octanol–water partition coefficient (Wildman–Crippen LogP) is 4.14. The molecule has 2 aromatic carbocycles. The summed E-state index contributed by atoms with van der Waals surface area (Å²) in [5.41, 5.74) is 2.70. The van der Waals surface area contributed by atoms with Crippen LogP contribution in [0.15, 0.2) is 63.5 Å². The molecule has 0 saturated heterocycles. The average Bonchev–Trinajstić information content (AvgIpc) is 3.20. The third-order valence-electron chi connectivity index (χ3n) is 6.52. The zero-order chi connectivity index (χ0) is 28.3. The van der Waals surface area contributed by atoms with Crippen molar-refractivity contribution in [3.05, 3.63) is 84.5 Å². The summed E-state index contributed by atoms with van der Waals surface area (Å²) in [5, 5.41) is 10.8. The topological polar surface area (TPSA) is 93.4 Å². The van der Waals surface area contributed by atoms with Gasteiger partial charge in [-0.1, -0.05) is 23.5 Å². The predicted molar refractivity (Wildman–Crippen MR) is 154 cm³/mol. The highest BCUT2D eigenvalue weighted by atomic mass is 32.1. The van der Waals surface area contributed by atoms with Crippen LogP contribution in [0.1, 0.15) is 58.7 Å². The Hall–Kier alpha value is -3.85. The van der Waals surface area contributed by atoms with E-state index in [1.807, 2.05) is 43.3 Å². The van der Waals surface area contributed by atoms with Crippen LogP contribution in [-0.4, -0.2) is 41.4 Å². The minimum absolute atomic E-state index is 0.0886. The SMILES string of the molecule is CCOc1ccc([C@@H]2C(C(=O)OC(C)C)=C(C)N=c3s/c(=C/c4ccc(N(CC)CC)cc4O)c(=O)n32)cc1. The zero-order valence-electron chi connectivity index (χ0n) is 23.2. The number of hydrogen-bond acceptors (Lipinski definition) is 8. The van der Waals surface area contributed by atoms with Gasteiger partial charge in [-0.2, -0.15) is 0 Å². The molecule has 1 aliphatic heterocycles. The lowest BCUT2D eigenvalue weighted by molar-refractivity contribution is -0.143. The maximum Gasteiger partial charge on any atom is 0.338 e. The van der Waals surface area contributed by atoms with Crippen molar-refractivity contribution in [2.24, 2.45) is 4.99 Å². The van der Waals surface area contributed by atoms with E-state index < -0.39 is 12.0 Å². The molecule has 1 N–H and O–H groups in total. The fourth-order valence-corrected chi connectivity index (χ4v) is 5.71. The van der Waals surface area contributed by atoms with Crippen LogP contribution in [0.5, 0.6) is 11.5 Å². The Bertz CT molecular complexity index is 1560. The summed E-state index contributed by atoms with van der Waals surface area (Å²) >= 11 is 1.22. The third kappa shape index (κ3) is 5.78. The molecule has 0 fully saturated rings. The standard InChI is InChI=1S/C30H35N3O5S/c1-7-32(8-2)22-13-10-21(24(34)17-22)16-25-28(35)33-27(20-11-14-23(15-12-20)37-9-3)26(29(36)38-18(4)5)19(6)31-30(33)39-25/h10-18,27,34H,7-9H2,1-6H3/b25-16+/t27-/m1/s1. The number of nitrogens with zero attached hydrogens (tertiary/aromatic N) is 3.